The summed E-state index contributed by atoms with van der Waals surface area (Å²) in [6.07, 6.45) is -1.17. The van der Waals surface area contributed by atoms with Gasteiger partial charge in [0.2, 0.25) is 0 Å². The van der Waals surface area contributed by atoms with Crippen LogP contribution >= 0.6 is 0 Å². The molecule has 82 valence electrons. The molecule has 4 heteroatoms. The molecular weight excluding hydrogens is 202 g/mol. The zero-order chi connectivity index (χ0) is 11.6. The van der Waals surface area contributed by atoms with Crippen molar-refractivity contribution in [3.63, 3.8) is 0 Å². The monoisotopic (exact) mass is 214 g/mol. The van der Waals surface area contributed by atoms with Crippen molar-refractivity contribution in [2.75, 3.05) is 0 Å². The number of aliphatic carboxylic acids is 1. The molecule has 0 spiro atoms. The minimum atomic E-state index is -3.30. The summed E-state index contributed by atoms with van der Waals surface area (Å²) in [6, 6.07) is 4.78. The average molecular weight is 214 g/mol. The maximum atomic E-state index is 13.5. The predicted octanol–water partition coefficient (Wildman–Crippen LogP) is 2.87. The summed E-state index contributed by atoms with van der Waals surface area (Å²) in [7, 11) is 0. The molecule has 0 aliphatic rings. The van der Waals surface area contributed by atoms with E-state index >= 15 is 0 Å². The Hall–Kier alpha value is -1.45. The number of carboxylic acid groups (broad SMARTS) is 1. The third-order valence-corrected chi connectivity index (χ3v) is 2.22. The van der Waals surface area contributed by atoms with Gasteiger partial charge in [-0.3, -0.25) is 4.79 Å². The van der Waals surface area contributed by atoms with E-state index in [4.69, 9.17) is 5.11 Å². The largest absolute Gasteiger partial charge is 0.481 e. The van der Waals surface area contributed by atoms with E-state index in [0.717, 1.165) is 0 Å². The molecule has 1 rings (SSSR count). The number of carbonyl (C=O) groups is 1. The van der Waals surface area contributed by atoms with E-state index in [1.165, 1.54) is 0 Å². The number of halogens is 2. The Labute approximate surface area is 86.5 Å². The smallest absolute Gasteiger partial charge is 0.309 e. The maximum absolute atomic E-state index is 13.5. The highest BCUT2D eigenvalue weighted by molar-refractivity contribution is 5.68. The van der Waals surface area contributed by atoms with E-state index in [2.05, 4.69) is 0 Å². The van der Waals surface area contributed by atoms with Gasteiger partial charge in [0, 0.05) is 5.56 Å². The highest BCUT2D eigenvalue weighted by Gasteiger charge is 2.37. The zero-order valence-electron chi connectivity index (χ0n) is 8.55. The van der Waals surface area contributed by atoms with E-state index in [1.807, 2.05) is 0 Å². The van der Waals surface area contributed by atoms with Crippen LogP contribution in [0.2, 0.25) is 0 Å². The molecule has 0 amide bonds. The second kappa shape index (κ2) is 3.96. The number of carboxylic acids is 1. The summed E-state index contributed by atoms with van der Waals surface area (Å²) in [6.45, 7) is 3.11. The first-order valence-corrected chi connectivity index (χ1v) is 4.51. The van der Waals surface area contributed by atoms with Crippen LogP contribution in [0.25, 0.3) is 0 Å². The third-order valence-electron chi connectivity index (χ3n) is 2.22. The van der Waals surface area contributed by atoms with Crippen LogP contribution in [0.1, 0.15) is 23.1 Å². The molecular formula is C11H12F2O2. The highest BCUT2D eigenvalue weighted by atomic mass is 19.3. The Bertz CT molecular complexity index is 366. The van der Waals surface area contributed by atoms with Gasteiger partial charge < -0.3 is 5.11 Å². The highest BCUT2D eigenvalue weighted by Crippen LogP contribution is 2.35. The van der Waals surface area contributed by atoms with Crippen LogP contribution in [0, 0.1) is 13.8 Å². The number of hydrogen-bond donors (Lipinski definition) is 1. The third kappa shape index (κ3) is 2.52. The SMILES string of the molecule is Cc1cccc(C)c1C(F)(F)CC(=O)O. The van der Waals surface area contributed by atoms with Crippen molar-refractivity contribution in [1.29, 1.82) is 0 Å². The van der Waals surface area contributed by atoms with Crippen LogP contribution in [-0.4, -0.2) is 11.1 Å². The fraction of sp³-hybridized carbons (Fsp3) is 0.364. The fourth-order valence-corrected chi connectivity index (χ4v) is 1.67. The van der Waals surface area contributed by atoms with E-state index in [-0.39, 0.29) is 5.56 Å². The Morgan fingerprint density at radius 1 is 1.33 bits per heavy atom. The number of benzene rings is 1. The molecule has 0 bridgehead atoms. The van der Waals surface area contributed by atoms with Gasteiger partial charge in [0.15, 0.2) is 0 Å². The molecule has 0 unspecified atom stereocenters. The first-order chi connectivity index (χ1) is 6.84. The minimum Gasteiger partial charge on any atom is -0.481 e. The van der Waals surface area contributed by atoms with Crippen LogP contribution in [0.15, 0.2) is 18.2 Å². The van der Waals surface area contributed by atoms with Crippen LogP contribution in [-0.2, 0) is 10.7 Å². The van der Waals surface area contributed by atoms with Gasteiger partial charge >= 0.3 is 5.97 Å². The van der Waals surface area contributed by atoms with Gasteiger partial charge in [-0.1, -0.05) is 18.2 Å². The standard InChI is InChI=1S/C11H12F2O2/c1-7-4-3-5-8(2)10(7)11(12,13)6-9(14)15/h3-5H,6H2,1-2H3,(H,14,15). The molecule has 0 radical (unpaired) electrons. The quantitative estimate of drug-likeness (QED) is 0.839. The molecule has 1 N–H and O–H groups in total. The fourth-order valence-electron chi connectivity index (χ4n) is 1.67. The van der Waals surface area contributed by atoms with Crippen molar-refractivity contribution in [2.24, 2.45) is 0 Å². The molecule has 0 atom stereocenters. The van der Waals surface area contributed by atoms with Crippen LogP contribution in [0.5, 0.6) is 0 Å². The lowest BCUT2D eigenvalue weighted by molar-refractivity contribution is -0.145. The van der Waals surface area contributed by atoms with E-state index in [1.54, 1.807) is 32.0 Å². The molecule has 2 nitrogen and oxygen atoms in total. The molecule has 0 aliphatic heterocycles. The lowest BCUT2D eigenvalue weighted by Gasteiger charge is -2.19. The Kier molecular flexibility index (Phi) is 3.07. The van der Waals surface area contributed by atoms with Crippen LogP contribution in [0.4, 0.5) is 8.78 Å². The van der Waals surface area contributed by atoms with Gasteiger partial charge in [-0.15, -0.1) is 0 Å². The van der Waals surface area contributed by atoms with Crippen LogP contribution < -0.4 is 0 Å². The van der Waals surface area contributed by atoms with Crippen molar-refractivity contribution in [3.05, 3.63) is 34.9 Å². The number of rotatable bonds is 3. The van der Waals surface area contributed by atoms with Crippen molar-refractivity contribution < 1.29 is 18.7 Å². The normalized spacial score (nSPS) is 11.5. The average Bonchev–Trinajstić information content (AvgIpc) is 1.99. The molecule has 0 aliphatic carbocycles. The topological polar surface area (TPSA) is 37.3 Å². The van der Waals surface area contributed by atoms with Crippen LogP contribution in [0.3, 0.4) is 0 Å². The van der Waals surface area contributed by atoms with Gasteiger partial charge in [-0.05, 0) is 25.0 Å². The summed E-state index contributed by atoms with van der Waals surface area (Å²) in [4.78, 5) is 10.3. The molecule has 1 aromatic carbocycles. The Morgan fingerprint density at radius 3 is 2.20 bits per heavy atom. The maximum Gasteiger partial charge on any atom is 0.309 e. The number of alkyl halides is 2. The molecule has 0 saturated heterocycles. The van der Waals surface area contributed by atoms with E-state index in [9.17, 15) is 13.6 Å². The molecule has 0 saturated carbocycles. The lowest BCUT2D eigenvalue weighted by Crippen LogP contribution is -2.21. The summed E-state index contributed by atoms with van der Waals surface area (Å²) in [5.74, 6) is -4.80. The first kappa shape index (κ1) is 11.6. The molecule has 0 heterocycles. The van der Waals surface area contributed by atoms with Gasteiger partial charge in [0.05, 0.1) is 0 Å². The number of hydrogen-bond acceptors (Lipinski definition) is 1. The Balaban J connectivity index is 3.19. The second-order valence-corrected chi connectivity index (χ2v) is 3.54. The second-order valence-electron chi connectivity index (χ2n) is 3.54. The van der Waals surface area contributed by atoms with Gasteiger partial charge in [0.1, 0.15) is 6.42 Å². The summed E-state index contributed by atoms with van der Waals surface area (Å²) in [5.41, 5.74) is 0.662. The number of aryl methyl sites for hydroxylation is 2. The summed E-state index contributed by atoms with van der Waals surface area (Å²) in [5, 5.41) is 8.41. The first-order valence-electron chi connectivity index (χ1n) is 4.51. The van der Waals surface area contributed by atoms with Crippen molar-refractivity contribution in [1.82, 2.24) is 0 Å². The van der Waals surface area contributed by atoms with Gasteiger partial charge in [-0.2, -0.15) is 0 Å². The lowest BCUT2D eigenvalue weighted by atomic mass is 9.95. The molecule has 0 fully saturated rings. The molecule has 15 heavy (non-hydrogen) atoms. The van der Waals surface area contributed by atoms with Gasteiger partial charge in [-0.25, -0.2) is 8.78 Å². The Morgan fingerprint density at radius 2 is 1.80 bits per heavy atom. The molecule has 0 aromatic heterocycles. The van der Waals surface area contributed by atoms with Crippen molar-refractivity contribution in [2.45, 2.75) is 26.2 Å². The van der Waals surface area contributed by atoms with E-state index in [0.29, 0.717) is 11.1 Å². The van der Waals surface area contributed by atoms with Gasteiger partial charge in [0.25, 0.3) is 5.92 Å². The summed E-state index contributed by atoms with van der Waals surface area (Å²) >= 11 is 0. The van der Waals surface area contributed by atoms with E-state index < -0.39 is 18.3 Å². The van der Waals surface area contributed by atoms with Crippen molar-refractivity contribution >= 4 is 5.97 Å². The molecule has 1 aromatic rings. The minimum absolute atomic E-state index is 0.174. The summed E-state index contributed by atoms with van der Waals surface area (Å²) < 4.78 is 27.1. The van der Waals surface area contributed by atoms with Crippen molar-refractivity contribution in [3.8, 4) is 0 Å². The zero-order valence-corrected chi connectivity index (χ0v) is 8.55. The predicted molar refractivity (Wildman–Crippen MR) is 52.1 cm³/mol.